The summed E-state index contributed by atoms with van der Waals surface area (Å²) in [6.45, 7) is 1.85. The van der Waals surface area contributed by atoms with Crippen molar-refractivity contribution < 1.29 is 4.79 Å². The van der Waals surface area contributed by atoms with Crippen molar-refractivity contribution in [3.05, 3.63) is 41.0 Å². The summed E-state index contributed by atoms with van der Waals surface area (Å²) in [6.07, 6.45) is 1.82. The van der Waals surface area contributed by atoms with E-state index in [1.165, 1.54) is 11.3 Å². The van der Waals surface area contributed by atoms with E-state index in [1.54, 1.807) is 6.07 Å². The van der Waals surface area contributed by atoms with Crippen LogP contribution in [0, 0.1) is 6.92 Å². The minimum atomic E-state index is -0.181. The van der Waals surface area contributed by atoms with Crippen molar-refractivity contribution in [1.82, 2.24) is 15.2 Å². The van der Waals surface area contributed by atoms with Gasteiger partial charge in [-0.3, -0.25) is 10.1 Å². The number of carbonyl (C=O) groups is 1. The SMILES string of the molecule is Cc1nnc(NC(=O)c2cccc3cc[nH]c23)s1. The van der Waals surface area contributed by atoms with Gasteiger partial charge in [-0.1, -0.05) is 23.5 Å². The largest absolute Gasteiger partial charge is 0.361 e. The fourth-order valence-electron chi connectivity index (χ4n) is 1.79. The van der Waals surface area contributed by atoms with Crippen molar-refractivity contribution in [1.29, 1.82) is 0 Å². The second-order valence-corrected chi connectivity index (χ2v) is 5.01. The number of nitrogens with one attached hydrogen (secondary N) is 2. The summed E-state index contributed by atoms with van der Waals surface area (Å²) in [4.78, 5) is 15.2. The summed E-state index contributed by atoms with van der Waals surface area (Å²) in [5.41, 5.74) is 1.43. The molecule has 0 saturated carbocycles. The highest BCUT2D eigenvalue weighted by atomic mass is 32.1. The molecule has 0 saturated heterocycles. The van der Waals surface area contributed by atoms with Gasteiger partial charge in [-0.2, -0.15) is 0 Å². The first-order chi connectivity index (χ1) is 8.74. The number of para-hydroxylation sites is 1. The summed E-state index contributed by atoms with van der Waals surface area (Å²) in [5, 5.41) is 12.8. The summed E-state index contributed by atoms with van der Waals surface area (Å²) < 4.78 is 0. The molecular weight excluding hydrogens is 248 g/mol. The number of rotatable bonds is 2. The summed E-state index contributed by atoms with van der Waals surface area (Å²) in [5.74, 6) is -0.181. The van der Waals surface area contributed by atoms with Crippen LogP contribution in [0.5, 0.6) is 0 Å². The van der Waals surface area contributed by atoms with Gasteiger partial charge in [-0.05, 0) is 19.1 Å². The molecule has 1 aromatic carbocycles. The average Bonchev–Trinajstić information content (AvgIpc) is 2.97. The van der Waals surface area contributed by atoms with Crippen molar-refractivity contribution in [2.75, 3.05) is 5.32 Å². The Labute approximate surface area is 107 Å². The van der Waals surface area contributed by atoms with E-state index in [0.717, 1.165) is 15.9 Å². The van der Waals surface area contributed by atoms with Crippen LogP contribution in [0.4, 0.5) is 5.13 Å². The van der Waals surface area contributed by atoms with Crippen LogP contribution in [-0.2, 0) is 0 Å². The molecule has 2 N–H and O–H groups in total. The number of hydrogen-bond acceptors (Lipinski definition) is 4. The third-order valence-electron chi connectivity index (χ3n) is 2.58. The Morgan fingerprint density at radius 1 is 1.33 bits per heavy atom. The van der Waals surface area contributed by atoms with E-state index >= 15 is 0 Å². The number of fused-ring (bicyclic) bond motifs is 1. The van der Waals surface area contributed by atoms with E-state index in [2.05, 4.69) is 20.5 Å². The second-order valence-electron chi connectivity index (χ2n) is 3.83. The molecule has 18 heavy (non-hydrogen) atoms. The molecule has 0 aliphatic rings. The molecule has 0 radical (unpaired) electrons. The smallest absolute Gasteiger partial charge is 0.259 e. The molecule has 3 aromatic rings. The molecule has 0 aliphatic carbocycles. The van der Waals surface area contributed by atoms with Gasteiger partial charge < -0.3 is 4.98 Å². The maximum atomic E-state index is 12.1. The third-order valence-corrected chi connectivity index (χ3v) is 3.33. The van der Waals surface area contributed by atoms with Crippen LogP contribution >= 0.6 is 11.3 Å². The lowest BCUT2D eigenvalue weighted by atomic mass is 10.1. The molecule has 2 heterocycles. The highest BCUT2D eigenvalue weighted by Gasteiger charge is 2.12. The molecule has 0 fully saturated rings. The summed E-state index contributed by atoms with van der Waals surface area (Å²) in [7, 11) is 0. The number of anilines is 1. The second kappa shape index (κ2) is 4.23. The Morgan fingerprint density at radius 3 is 3.00 bits per heavy atom. The first-order valence-corrected chi connectivity index (χ1v) is 6.23. The molecule has 3 rings (SSSR count). The molecule has 90 valence electrons. The summed E-state index contributed by atoms with van der Waals surface area (Å²) >= 11 is 1.35. The Kier molecular flexibility index (Phi) is 2.56. The highest BCUT2D eigenvalue weighted by molar-refractivity contribution is 7.15. The molecule has 0 atom stereocenters. The molecule has 1 amide bonds. The van der Waals surface area contributed by atoms with Crippen LogP contribution in [0.1, 0.15) is 15.4 Å². The molecule has 0 unspecified atom stereocenters. The van der Waals surface area contributed by atoms with Crippen LogP contribution in [0.2, 0.25) is 0 Å². The van der Waals surface area contributed by atoms with Gasteiger partial charge >= 0.3 is 0 Å². The summed E-state index contributed by atoms with van der Waals surface area (Å²) in [6, 6.07) is 7.53. The van der Waals surface area contributed by atoms with E-state index in [4.69, 9.17) is 0 Å². The molecule has 2 aromatic heterocycles. The predicted molar refractivity (Wildman–Crippen MR) is 70.9 cm³/mol. The number of H-pyrrole nitrogens is 1. The Bertz CT molecular complexity index is 716. The molecule has 0 bridgehead atoms. The minimum absolute atomic E-state index is 0.181. The van der Waals surface area contributed by atoms with Crippen molar-refractivity contribution in [2.45, 2.75) is 6.92 Å². The van der Waals surface area contributed by atoms with Gasteiger partial charge in [0.2, 0.25) is 5.13 Å². The normalized spacial score (nSPS) is 10.7. The predicted octanol–water partition coefficient (Wildman–Crippen LogP) is 2.58. The van der Waals surface area contributed by atoms with Gasteiger partial charge in [0, 0.05) is 11.6 Å². The molecule has 5 nitrogen and oxygen atoms in total. The van der Waals surface area contributed by atoms with Crippen molar-refractivity contribution in [3.8, 4) is 0 Å². The zero-order valence-corrected chi connectivity index (χ0v) is 10.4. The quantitative estimate of drug-likeness (QED) is 0.742. The number of amides is 1. The first kappa shape index (κ1) is 10.9. The standard InChI is InChI=1S/C12H10N4OS/c1-7-15-16-12(18-7)14-11(17)9-4-2-3-8-5-6-13-10(8)9/h2-6,13H,1H3,(H,14,16,17). The van der Waals surface area contributed by atoms with Gasteiger partial charge in [-0.15, -0.1) is 10.2 Å². The number of carbonyl (C=O) groups excluding carboxylic acids is 1. The highest BCUT2D eigenvalue weighted by Crippen LogP contribution is 2.19. The van der Waals surface area contributed by atoms with Crippen LogP contribution in [0.25, 0.3) is 10.9 Å². The molecule has 0 spiro atoms. The van der Waals surface area contributed by atoms with Gasteiger partial charge in [0.15, 0.2) is 0 Å². The lowest BCUT2D eigenvalue weighted by Crippen LogP contribution is -2.12. The van der Waals surface area contributed by atoms with E-state index in [0.29, 0.717) is 10.7 Å². The lowest BCUT2D eigenvalue weighted by molar-refractivity contribution is 0.102. The maximum Gasteiger partial charge on any atom is 0.259 e. The van der Waals surface area contributed by atoms with Crippen LogP contribution < -0.4 is 5.32 Å². The van der Waals surface area contributed by atoms with Crippen LogP contribution in [-0.4, -0.2) is 21.1 Å². The minimum Gasteiger partial charge on any atom is -0.361 e. The van der Waals surface area contributed by atoms with E-state index in [9.17, 15) is 4.79 Å². The van der Waals surface area contributed by atoms with E-state index in [-0.39, 0.29) is 5.91 Å². The van der Waals surface area contributed by atoms with E-state index < -0.39 is 0 Å². The van der Waals surface area contributed by atoms with E-state index in [1.807, 2.05) is 31.3 Å². The van der Waals surface area contributed by atoms with Gasteiger partial charge in [0.1, 0.15) is 5.01 Å². The third kappa shape index (κ3) is 1.86. The lowest BCUT2D eigenvalue weighted by Gasteiger charge is -2.02. The fourth-order valence-corrected chi connectivity index (χ4v) is 2.37. The van der Waals surface area contributed by atoms with Gasteiger partial charge in [-0.25, -0.2) is 0 Å². The van der Waals surface area contributed by atoms with Gasteiger partial charge in [0.25, 0.3) is 5.91 Å². The van der Waals surface area contributed by atoms with Crippen molar-refractivity contribution >= 4 is 33.3 Å². The Balaban J connectivity index is 1.94. The molecule has 6 heteroatoms. The Hall–Kier alpha value is -2.21. The van der Waals surface area contributed by atoms with Crippen molar-refractivity contribution in [3.63, 3.8) is 0 Å². The number of nitrogens with zero attached hydrogens (tertiary/aromatic N) is 2. The topological polar surface area (TPSA) is 70.7 Å². The monoisotopic (exact) mass is 258 g/mol. The molecule has 0 aliphatic heterocycles. The number of aryl methyl sites for hydroxylation is 1. The Morgan fingerprint density at radius 2 is 2.22 bits per heavy atom. The van der Waals surface area contributed by atoms with Crippen LogP contribution in [0.15, 0.2) is 30.5 Å². The van der Waals surface area contributed by atoms with Crippen molar-refractivity contribution in [2.24, 2.45) is 0 Å². The first-order valence-electron chi connectivity index (χ1n) is 5.41. The van der Waals surface area contributed by atoms with Gasteiger partial charge in [0.05, 0.1) is 11.1 Å². The maximum absolute atomic E-state index is 12.1. The number of aromatic amines is 1. The average molecular weight is 258 g/mol. The zero-order valence-electron chi connectivity index (χ0n) is 9.60. The number of aromatic nitrogens is 3. The number of benzene rings is 1. The number of hydrogen-bond donors (Lipinski definition) is 2. The molecular formula is C12H10N4OS. The fraction of sp³-hybridized carbons (Fsp3) is 0.0833. The van der Waals surface area contributed by atoms with Crippen LogP contribution in [0.3, 0.4) is 0 Å². The zero-order chi connectivity index (χ0) is 12.5.